The van der Waals surface area contributed by atoms with Gasteiger partial charge >= 0.3 is 0 Å². The molecule has 27 heteroatoms. The van der Waals surface area contributed by atoms with Gasteiger partial charge in [0.25, 0.3) is 0 Å². The Morgan fingerprint density at radius 3 is 0.642 bits per heavy atom. The first-order valence-electron chi connectivity index (χ1n) is 46.2. The minimum atomic E-state index is -0.209. The molecule has 120 heavy (non-hydrogen) atoms. The number of rotatable bonds is 51. The predicted molar refractivity (Wildman–Crippen MR) is 493 cm³/mol. The molecular weight excluding hydrogens is 1920 g/mol. The topological polar surface area (TPSA) is 211 Å². The van der Waals surface area contributed by atoms with E-state index in [4.69, 9.17) is 0 Å². The minimum absolute atomic E-state index is 0. The van der Waals surface area contributed by atoms with Gasteiger partial charge in [0.2, 0.25) is 0 Å². The van der Waals surface area contributed by atoms with Crippen molar-refractivity contribution < 1.29 is 194 Å². The zero-order chi connectivity index (χ0) is 88.8. The molecule has 0 bridgehead atoms. The molecule has 0 aliphatic carbocycles. The Hall–Kier alpha value is 3.72. The van der Waals surface area contributed by atoms with E-state index in [-0.39, 0.29) is 220 Å². The number of nitrogens with zero attached hydrogens (tertiary/aromatic N) is 9. The molecule has 774 valence electrons. The first-order chi connectivity index (χ1) is 51.4. The second-order valence-corrected chi connectivity index (χ2v) is 35.9. The van der Waals surface area contributed by atoms with Gasteiger partial charge in [-0.25, -0.2) is 0 Å². The third-order valence-corrected chi connectivity index (χ3v) is 20.7. The van der Waals surface area contributed by atoms with Crippen LogP contribution < -0.4 is 0 Å². The van der Waals surface area contributed by atoms with Crippen LogP contribution in [0.15, 0.2) is 0 Å². The van der Waals surface area contributed by atoms with Gasteiger partial charge in [0, 0.05) is 242 Å². The Morgan fingerprint density at radius 2 is 0.417 bits per heavy atom. The summed E-state index contributed by atoms with van der Waals surface area (Å²) in [5.74, 6) is 1.07. The number of likely N-dealkylation sites (N-methyl/N-ethyl adjacent to an activating group) is 9. The summed E-state index contributed by atoms with van der Waals surface area (Å²) in [5.41, 5.74) is 0.497. The molecule has 0 heterocycles. The van der Waals surface area contributed by atoms with Crippen LogP contribution in [0, 0.1) is 17.8 Å². The summed E-state index contributed by atoms with van der Waals surface area (Å²) in [5, 5.41) is 86.3. The van der Waals surface area contributed by atoms with Gasteiger partial charge in [-0.15, -0.1) is 0 Å². The molecule has 0 radical (unpaired) electrons. The van der Waals surface area contributed by atoms with E-state index in [0.717, 1.165) is 195 Å². The summed E-state index contributed by atoms with van der Waals surface area (Å²) in [6, 6.07) is 1.62. The smallest absolute Gasteiger partial charge is 0.0690 e. The van der Waals surface area contributed by atoms with Crippen molar-refractivity contribution in [2.45, 2.75) is 456 Å². The standard InChI is InChI=1S/C12H27NO.3C11H25NO.3C10H23NO.2C9H21NO.9Ni/c1-6-8-9-11(14)10-13(7-2)12(3,4)5;1-7-12(11(4,5)6)8-10(13)9(2)3;1-5-7-8-11(13)9-12(6-2)10(3)4;1-4-7-8-11(13)10-12(6-3)9-5-2;1-6-11(9(4)5)7-10(12)8(2)3;1-6-9(12)8-11(7-2)10(3,4)5;1-5-7-11(6-2)8-10(12)9(3)4;1-5-9(11)7-10(6-2)8(3)4;1-4-7-10(6-3)8-9(11)5-2;;;;;;;;;/h11,14H,6-10H2,1-5H3;9-10,13H,7-8H2,1-6H3;10-11,13H,5-9H2,1-4H3;11,13H,4-10H2,1-3H3;8-10,12H,6-7H2,1-5H3;9,12H,6-8H2,1-5H3;9-10,12H,5-8H2,1-4H3;8-9,11H,5-7H2,1-4H3;9,11H,4-8H2,1-3H3;;;;;;;;;. The number of aliphatic hydroxyl groups is 9. The quantitative estimate of drug-likeness (QED) is 0.0259. The fourth-order valence-electron chi connectivity index (χ4n) is 11.8. The van der Waals surface area contributed by atoms with Crippen molar-refractivity contribution in [2.75, 3.05) is 137 Å². The van der Waals surface area contributed by atoms with Crippen LogP contribution in [-0.4, -0.2) is 317 Å². The monoisotopic (exact) mass is 2120 g/mol. The van der Waals surface area contributed by atoms with E-state index in [1.807, 2.05) is 20.8 Å². The summed E-state index contributed by atoms with van der Waals surface area (Å²) in [6.07, 6.45) is 14.4. The van der Waals surface area contributed by atoms with E-state index in [0.29, 0.717) is 35.9 Å². The largest absolute Gasteiger partial charge is 0.392 e. The second kappa shape index (κ2) is 108. The average Bonchev–Trinajstić information content (AvgIpc) is 0.898. The minimum Gasteiger partial charge on any atom is -0.392 e. The third-order valence-electron chi connectivity index (χ3n) is 20.7. The molecule has 9 unspecified atom stereocenters. The van der Waals surface area contributed by atoms with Gasteiger partial charge in [0.1, 0.15) is 0 Å². The summed E-state index contributed by atoms with van der Waals surface area (Å²) >= 11 is 0. The van der Waals surface area contributed by atoms with E-state index in [2.05, 4.69) is 293 Å². The van der Waals surface area contributed by atoms with Crippen LogP contribution in [0.5, 0.6) is 0 Å². The van der Waals surface area contributed by atoms with Gasteiger partial charge in [-0.3, -0.25) is 29.4 Å². The molecule has 18 nitrogen and oxygen atoms in total. The number of hydrogen-bond acceptors (Lipinski definition) is 18. The van der Waals surface area contributed by atoms with Crippen LogP contribution in [0.25, 0.3) is 0 Å². The van der Waals surface area contributed by atoms with Crippen molar-refractivity contribution in [3.63, 3.8) is 0 Å². The van der Waals surface area contributed by atoms with E-state index < -0.39 is 0 Å². The fourth-order valence-corrected chi connectivity index (χ4v) is 11.8. The van der Waals surface area contributed by atoms with Crippen LogP contribution in [0.2, 0.25) is 0 Å². The molecule has 0 aromatic heterocycles. The van der Waals surface area contributed by atoms with Gasteiger partial charge in [0.05, 0.1) is 54.9 Å². The van der Waals surface area contributed by atoms with Crippen LogP contribution in [0.4, 0.5) is 0 Å². The molecule has 0 aromatic carbocycles. The number of hydrogen-bond donors (Lipinski definition) is 9. The van der Waals surface area contributed by atoms with Crippen molar-refractivity contribution in [2.24, 2.45) is 17.8 Å². The van der Waals surface area contributed by atoms with Gasteiger partial charge in [-0.1, -0.05) is 205 Å². The molecule has 0 amide bonds. The van der Waals surface area contributed by atoms with E-state index in [1.54, 1.807) is 0 Å². The maximum absolute atomic E-state index is 9.80. The first kappa shape index (κ1) is 167. The predicted octanol–water partition coefficient (Wildman–Crippen LogP) is 17.6. The maximum atomic E-state index is 9.80. The van der Waals surface area contributed by atoms with Crippen molar-refractivity contribution in [3.8, 4) is 0 Å². The molecule has 0 saturated carbocycles. The van der Waals surface area contributed by atoms with Crippen LogP contribution in [0.3, 0.4) is 0 Å². The molecule has 0 aromatic rings. The Kier molecular flexibility index (Phi) is 150. The van der Waals surface area contributed by atoms with E-state index in [1.165, 1.54) is 38.5 Å². The summed E-state index contributed by atoms with van der Waals surface area (Å²) in [7, 11) is 0. The number of β-amino-alcohol motifs (C(OH)–C–C–N with tert-alkyl or cyclic N) is 3. The van der Waals surface area contributed by atoms with Crippen LogP contribution in [0.1, 0.15) is 366 Å². The molecular formula is C93H213N9Ni9O9. The van der Waals surface area contributed by atoms with Crippen LogP contribution in [-0.2, 0) is 148 Å². The molecule has 9 N–H and O–H groups in total. The number of unbranched alkanes of at least 4 members (excludes halogenated alkanes) is 3. The molecule has 0 fully saturated rings. The maximum Gasteiger partial charge on any atom is 0.0690 e. The zero-order valence-electron chi connectivity index (χ0n) is 85.5. The second-order valence-electron chi connectivity index (χ2n) is 35.9. The van der Waals surface area contributed by atoms with Crippen molar-refractivity contribution >= 4 is 0 Å². The van der Waals surface area contributed by atoms with Gasteiger partial charge in [-0.2, -0.15) is 0 Å². The molecule has 0 saturated heterocycles. The first-order valence-corrected chi connectivity index (χ1v) is 46.2. The van der Waals surface area contributed by atoms with E-state index >= 15 is 0 Å². The Bertz CT molecular complexity index is 1850. The SMILES string of the molecule is CCC(O)CN(CC)C(C)(C)C.CCC(O)CN(CC)C(C)C.CCCCC(O)CN(CC)C(C)(C)C.CCCCC(O)CN(CC)C(C)C.CCCCC(O)CN(CC)CCC.CCCN(CC)CC(O)C(C)C.CCCN(CC)CC(O)CC.CCN(CC(O)C(C)C)C(C)(C)C.CCN(CC(O)C(C)C)C(C)C.[Ni].[Ni].[Ni].[Ni].[Ni].[Ni].[Ni].[Ni].[Ni]. The molecule has 0 aliphatic rings. The van der Waals surface area contributed by atoms with Gasteiger partial charge in [-0.05, 0) is 258 Å². The van der Waals surface area contributed by atoms with Crippen molar-refractivity contribution in [3.05, 3.63) is 0 Å². The normalized spacial score (nSPS) is 13.4. The van der Waals surface area contributed by atoms with Gasteiger partial charge in [0.15, 0.2) is 0 Å². The van der Waals surface area contributed by atoms with E-state index in [9.17, 15) is 46.0 Å². The average molecular weight is 2130 g/mol. The summed E-state index contributed by atoms with van der Waals surface area (Å²) in [4.78, 5) is 20.7. The molecule has 9 atom stereocenters. The van der Waals surface area contributed by atoms with Crippen molar-refractivity contribution in [1.82, 2.24) is 44.1 Å². The van der Waals surface area contributed by atoms with Gasteiger partial charge < -0.3 is 60.7 Å². The summed E-state index contributed by atoms with van der Waals surface area (Å²) in [6.45, 7) is 103. The number of aliphatic hydroxyl groups excluding tert-OH is 9. The van der Waals surface area contributed by atoms with Crippen LogP contribution >= 0.6 is 0 Å². The third kappa shape index (κ3) is 110. The molecule has 0 rings (SSSR count). The molecule has 0 aliphatic heterocycles. The Morgan fingerprint density at radius 1 is 0.217 bits per heavy atom. The molecule has 0 spiro atoms. The summed E-state index contributed by atoms with van der Waals surface area (Å²) < 4.78 is 0. The zero-order valence-corrected chi connectivity index (χ0v) is 94.4. The Labute approximate surface area is 842 Å². The van der Waals surface area contributed by atoms with Crippen molar-refractivity contribution in [1.29, 1.82) is 0 Å². The Balaban J connectivity index is -0.0000000604. The fraction of sp³-hybridized carbons (Fsp3) is 1.00.